The maximum absolute atomic E-state index is 13.1. The summed E-state index contributed by atoms with van der Waals surface area (Å²) in [5, 5.41) is 4.12. The van der Waals surface area contributed by atoms with E-state index in [1.807, 2.05) is 4.90 Å². The first-order valence-corrected chi connectivity index (χ1v) is 11.2. The molecule has 1 atom stereocenters. The lowest BCUT2D eigenvalue weighted by atomic mass is 10.0. The van der Waals surface area contributed by atoms with Gasteiger partial charge in [0.25, 0.3) is 5.91 Å². The average molecular weight is 430 g/mol. The van der Waals surface area contributed by atoms with Crippen molar-refractivity contribution in [1.29, 1.82) is 0 Å². The highest BCUT2D eigenvalue weighted by Gasteiger charge is 2.32. The molecule has 168 valence electrons. The first-order chi connectivity index (χ1) is 15.2. The maximum Gasteiger partial charge on any atom is 0.254 e. The second-order valence-electron chi connectivity index (χ2n) is 8.17. The van der Waals surface area contributed by atoms with E-state index in [1.54, 1.807) is 31.4 Å². The normalized spacial score (nSPS) is 20.0. The van der Waals surface area contributed by atoms with Gasteiger partial charge < -0.3 is 23.6 Å². The highest BCUT2D eigenvalue weighted by molar-refractivity contribution is 5.94. The van der Waals surface area contributed by atoms with Gasteiger partial charge in [-0.05, 0) is 62.3 Å². The molecule has 2 saturated heterocycles. The van der Waals surface area contributed by atoms with Crippen LogP contribution in [0.2, 0.25) is 0 Å². The number of nitrogens with zero attached hydrogens (tertiary/aromatic N) is 3. The van der Waals surface area contributed by atoms with Crippen LogP contribution in [0, 0.1) is 5.92 Å². The number of methoxy groups -OCH3 is 1. The van der Waals surface area contributed by atoms with Crippen LogP contribution in [0.25, 0.3) is 0 Å². The van der Waals surface area contributed by atoms with Gasteiger partial charge in [-0.2, -0.15) is 4.98 Å². The lowest BCUT2D eigenvalue weighted by Gasteiger charge is -2.33. The molecule has 31 heavy (non-hydrogen) atoms. The number of carbonyl (C=O) groups is 1. The van der Waals surface area contributed by atoms with Crippen LogP contribution in [0.15, 0.2) is 28.8 Å². The number of benzene rings is 1. The summed E-state index contributed by atoms with van der Waals surface area (Å²) in [7, 11) is 1.61. The average Bonchev–Trinajstić information content (AvgIpc) is 3.31. The Labute approximate surface area is 182 Å². The lowest BCUT2D eigenvalue weighted by Crippen LogP contribution is -2.38. The minimum Gasteiger partial charge on any atom is -0.497 e. The molecule has 2 fully saturated rings. The number of likely N-dealkylation sites (tertiary alicyclic amines) is 1. The van der Waals surface area contributed by atoms with Gasteiger partial charge in [0.05, 0.1) is 13.7 Å². The van der Waals surface area contributed by atoms with Gasteiger partial charge >= 0.3 is 0 Å². The molecule has 0 spiro atoms. The van der Waals surface area contributed by atoms with Gasteiger partial charge in [0.1, 0.15) is 11.8 Å². The standard InChI is InChI=1S/C23H31N3O5/c1-28-19-7-5-18(6-8-19)23(27)26-12-3-2-4-20(26)22-24-21(25-31-22)11-15-30-16-17-9-13-29-14-10-17/h5-8,17,20H,2-4,9-16H2,1H3. The maximum atomic E-state index is 13.1. The van der Waals surface area contributed by atoms with Crippen molar-refractivity contribution >= 4 is 5.91 Å². The van der Waals surface area contributed by atoms with Crippen molar-refractivity contribution in [2.24, 2.45) is 5.92 Å². The van der Waals surface area contributed by atoms with Gasteiger partial charge in [0, 0.05) is 38.3 Å². The molecule has 0 radical (unpaired) electrons. The molecule has 1 aromatic carbocycles. The Kier molecular flexibility index (Phi) is 7.53. The van der Waals surface area contributed by atoms with Crippen LogP contribution in [0.5, 0.6) is 5.75 Å². The quantitative estimate of drug-likeness (QED) is 0.594. The summed E-state index contributed by atoms with van der Waals surface area (Å²) < 4.78 is 21.9. The van der Waals surface area contributed by atoms with Crippen LogP contribution in [-0.4, -0.2) is 61.0 Å². The minimum atomic E-state index is -0.187. The highest BCUT2D eigenvalue weighted by atomic mass is 16.5. The summed E-state index contributed by atoms with van der Waals surface area (Å²) in [6, 6.07) is 7.01. The largest absolute Gasteiger partial charge is 0.497 e. The first kappa shape index (κ1) is 21.8. The van der Waals surface area contributed by atoms with Crippen molar-refractivity contribution in [3.63, 3.8) is 0 Å². The molecule has 0 bridgehead atoms. The van der Waals surface area contributed by atoms with Crippen molar-refractivity contribution < 1.29 is 23.5 Å². The number of hydrogen-bond donors (Lipinski definition) is 0. The topological polar surface area (TPSA) is 86.9 Å². The van der Waals surface area contributed by atoms with Gasteiger partial charge in [0.2, 0.25) is 5.89 Å². The Hall–Kier alpha value is -2.45. The van der Waals surface area contributed by atoms with Crippen LogP contribution in [-0.2, 0) is 15.9 Å². The second kappa shape index (κ2) is 10.7. The molecule has 0 aliphatic carbocycles. The van der Waals surface area contributed by atoms with Crippen molar-refractivity contribution in [2.45, 2.75) is 44.6 Å². The molecule has 1 aromatic heterocycles. The highest BCUT2D eigenvalue weighted by Crippen LogP contribution is 2.31. The van der Waals surface area contributed by atoms with Gasteiger partial charge in [-0.15, -0.1) is 0 Å². The van der Waals surface area contributed by atoms with E-state index in [0.717, 1.165) is 57.7 Å². The minimum absolute atomic E-state index is 0.0214. The number of aromatic nitrogens is 2. The zero-order chi connectivity index (χ0) is 21.5. The third-order valence-electron chi connectivity index (χ3n) is 6.03. The number of amides is 1. The van der Waals surface area contributed by atoms with Crippen molar-refractivity contribution in [1.82, 2.24) is 15.0 Å². The predicted octanol–water partition coefficient (Wildman–Crippen LogP) is 3.43. The number of rotatable bonds is 8. The summed E-state index contributed by atoms with van der Waals surface area (Å²) in [4.78, 5) is 19.5. The van der Waals surface area contributed by atoms with E-state index in [4.69, 9.17) is 18.7 Å². The lowest BCUT2D eigenvalue weighted by molar-refractivity contribution is 0.0211. The first-order valence-electron chi connectivity index (χ1n) is 11.2. The van der Waals surface area contributed by atoms with Gasteiger partial charge in [-0.3, -0.25) is 4.79 Å². The Balaban J connectivity index is 1.33. The Bertz CT molecular complexity index is 832. The molecule has 8 nitrogen and oxygen atoms in total. The fraction of sp³-hybridized carbons (Fsp3) is 0.609. The third-order valence-corrected chi connectivity index (χ3v) is 6.03. The summed E-state index contributed by atoms with van der Waals surface area (Å²) >= 11 is 0. The van der Waals surface area contributed by atoms with E-state index in [1.165, 1.54) is 0 Å². The molecule has 2 aliphatic rings. The molecule has 2 aromatic rings. The smallest absolute Gasteiger partial charge is 0.254 e. The Morgan fingerprint density at radius 2 is 1.97 bits per heavy atom. The van der Waals surface area contributed by atoms with Gasteiger partial charge in [-0.25, -0.2) is 0 Å². The van der Waals surface area contributed by atoms with E-state index >= 15 is 0 Å². The van der Waals surface area contributed by atoms with E-state index < -0.39 is 0 Å². The van der Waals surface area contributed by atoms with Crippen molar-refractivity contribution in [3.8, 4) is 5.75 Å². The molecule has 1 amide bonds. The molecule has 2 aliphatic heterocycles. The molecular formula is C23H31N3O5. The number of piperidine rings is 1. The molecule has 0 N–H and O–H groups in total. The summed E-state index contributed by atoms with van der Waals surface area (Å²) in [6.45, 7) is 3.66. The van der Waals surface area contributed by atoms with Gasteiger partial charge in [-0.1, -0.05) is 5.16 Å². The van der Waals surface area contributed by atoms with Crippen LogP contribution < -0.4 is 4.74 Å². The second-order valence-corrected chi connectivity index (χ2v) is 8.17. The van der Waals surface area contributed by atoms with Crippen LogP contribution in [0.3, 0.4) is 0 Å². The molecular weight excluding hydrogens is 398 g/mol. The van der Waals surface area contributed by atoms with Crippen LogP contribution in [0.4, 0.5) is 0 Å². The summed E-state index contributed by atoms with van der Waals surface area (Å²) in [6.07, 6.45) is 5.55. The molecule has 1 unspecified atom stereocenters. The van der Waals surface area contributed by atoms with E-state index in [0.29, 0.717) is 42.8 Å². The van der Waals surface area contributed by atoms with E-state index in [9.17, 15) is 4.79 Å². The predicted molar refractivity (Wildman–Crippen MR) is 113 cm³/mol. The molecule has 8 heteroatoms. The van der Waals surface area contributed by atoms with Crippen molar-refractivity contribution in [3.05, 3.63) is 41.5 Å². The number of carbonyl (C=O) groups excluding carboxylic acids is 1. The van der Waals surface area contributed by atoms with Crippen molar-refractivity contribution in [2.75, 3.05) is 40.1 Å². The fourth-order valence-corrected chi connectivity index (χ4v) is 4.16. The zero-order valence-corrected chi connectivity index (χ0v) is 18.1. The number of hydrogen-bond acceptors (Lipinski definition) is 7. The summed E-state index contributed by atoms with van der Waals surface area (Å²) in [5.41, 5.74) is 0.633. The number of ether oxygens (including phenoxy) is 3. The Morgan fingerprint density at radius 1 is 1.16 bits per heavy atom. The summed E-state index contributed by atoms with van der Waals surface area (Å²) in [5.74, 6) is 2.43. The molecule has 0 saturated carbocycles. The Morgan fingerprint density at radius 3 is 2.74 bits per heavy atom. The van der Waals surface area contributed by atoms with Gasteiger partial charge in [0.15, 0.2) is 5.82 Å². The fourth-order valence-electron chi connectivity index (χ4n) is 4.16. The van der Waals surface area contributed by atoms with E-state index in [-0.39, 0.29) is 11.9 Å². The molecule has 4 rings (SSSR count). The third kappa shape index (κ3) is 5.62. The zero-order valence-electron chi connectivity index (χ0n) is 18.1. The van der Waals surface area contributed by atoms with E-state index in [2.05, 4.69) is 10.1 Å². The van der Waals surface area contributed by atoms with Crippen LogP contribution >= 0.6 is 0 Å². The monoisotopic (exact) mass is 429 g/mol. The molecule has 3 heterocycles. The SMILES string of the molecule is COc1ccc(C(=O)N2CCCCC2c2nc(CCOCC3CCOCC3)no2)cc1. The van der Waals surface area contributed by atoms with Crippen LogP contribution in [0.1, 0.15) is 60.2 Å².